The smallest absolute Gasteiger partial charge is 0.260 e. The van der Waals surface area contributed by atoms with Crippen molar-refractivity contribution in [2.45, 2.75) is 44.7 Å². The van der Waals surface area contributed by atoms with Crippen molar-refractivity contribution < 1.29 is 14.3 Å². The molecule has 1 saturated heterocycles. The Kier molecular flexibility index (Phi) is 6.27. The number of allylic oxidation sites excluding steroid dienone is 1. The van der Waals surface area contributed by atoms with Crippen molar-refractivity contribution in [3.05, 3.63) is 29.5 Å². The maximum absolute atomic E-state index is 12.7. The molecule has 3 aliphatic rings. The van der Waals surface area contributed by atoms with Crippen molar-refractivity contribution in [1.29, 1.82) is 0 Å². The summed E-state index contributed by atoms with van der Waals surface area (Å²) in [7, 11) is 2.11. The molecule has 1 aromatic rings. The molecule has 1 amide bonds. The lowest BCUT2D eigenvalue weighted by atomic mass is 9.92. The molecule has 4 rings (SSSR count). The third kappa shape index (κ3) is 4.46. The number of hydrogen-bond acceptors (Lipinski definition) is 6. The molecule has 0 spiro atoms. The summed E-state index contributed by atoms with van der Waals surface area (Å²) in [5, 5.41) is 0. The predicted octanol–water partition coefficient (Wildman–Crippen LogP) is 2.23. The summed E-state index contributed by atoms with van der Waals surface area (Å²) in [4.78, 5) is 21.4. The Morgan fingerprint density at radius 1 is 1.30 bits per heavy atom. The molecule has 30 heavy (non-hydrogen) atoms. The van der Waals surface area contributed by atoms with Gasteiger partial charge in [0.25, 0.3) is 5.91 Å². The first kappa shape index (κ1) is 20.7. The molecule has 0 aromatic heterocycles. The molecule has 1 saturated carbocycles. The van der Waals surface area contributed by atoms with Gasteiger partial charge in [0, 0.05) is 61.0 Å². The van der Waals surface area contributed by atoms with Gasteiger partial charge in [0.1, 0.15) is 5.75 Å². The maximum Gasteiger partial charge on any atom is 0.260 e. The van der Waals surface area contributed by atoms with Crippen LogP contribution < -0.4 is 15.4 Å². The molecule has 1 atom stereocenters. The topological polar surface area (TPSA) is 80.4 Å². The lowest BCUT2D eigenvalue weighted by Crippen LogP contribution is -2.43. The zero-order valence-electron chi connectivity index (χ0n) is 18.0. The standard InChI is InChI=1S/C23H32N4O3/c1-16-3-6-20-21(26(16)2)8-7-19(17(13-24)14-25-18-4-5-18)23(20)30-15-22(28)27-9-11-29-12-10-27/h7-8,13-14,16,18H,3-6,9-12,15,24H2,1-2H3. The van der Waals surface area contributed by atoms with Gasteiger partial charge < -0.3 is 25.0 Å². The first-order valence-corrected chi connectivity index (χ1v) is 10.9. The average molecular weight is 413 g/mol. The van der Waals surface area contributed by atoms with Crippen molar-refractivity contribution in [1.82, 2.24) is 4.90 Å². The van der Waals surface area contributed by atoms with E-state index in [1.165, 1.54) is 0 Å². The number of nitrogens with two attached hydrogens (primary N) is 1. The number of amides is 1. The molecule has 1 aliphatic carbocycles. The van der Waals surface area contributed by atoms with E-state index in [9.17, 15) is 4.79 Å². The predicted molar refractivity (Wildman–Crippen MR) is 119 cm³/mol. The van der Waals surface area contributed by atoms with E-state index in [-0.39, 0.29) is 12.5 Å². The zero-order chi connectivity index (χ0) is 21.1. The molecule has 7 heteroatoms. The molecule has 7 nitrogen and oxygen atoms in total. The van der Waals surface area contributed by atoms with Crippen molar-refractivity contribution in [3.63, 3.8) is 0 Å². The molecule has 0 radical (unpaired) electrons. The van der Waals surface area contributed by atoms with Gasteiger partial charge in [-0.05, 0) is 44.7 Å². The van der Waals surface area contributed by atoms with Gasteiger partial charge in [-0.25, -0.2) is 0 Å². The lowest BCUT2D eigenvalue weighted by molar-refractivity contribution is -0.137. The summed E-state index contributed by atoms with van der Waals surface area (Å²) in [5.74, 6) is 0.746. The minimum Gasteiger partial charge on any atom is -0.483 e. The van der Waals surface area contributed by atoms with E-state index in [0.717, 1.165) is 53.8 Å². The van der Waals surface area contributed by atoms with Crippen molar-refractivity contribution in [2.24, 2.45) is 10.7 Å². The third-order valence-corrected chi connectivity index (χ3v) is 6.25. The van der Waals surface area contributed by atoms with Crippen LogP contribution in [0, 0.1) is 0 Å². The largest absolute Gasteiger partial charge is 0.483 e. The van der Waals surface area contributed by atoms with Gasteiger partial charge in [-0.1, -0.05) is 0 Å². The molecular weight excluding hydrogens is 380 g/mol. The Hall–Kier alpha value is -2.54. The first-order valence-electron chi connectivity index (χ1n) is 10.9. The van der Waals surface area contributed by atoms with Gasteiger partial charge in [-0.2, -0.15) is 0 Å². The van der Waals surface area contributed by atoms with E-state index in [1.54, 1.807) is 11.1 Å². The number of rotatable bonds is 6. The number of nitrogens with zero attached hydrogens (tertiary/aromatic N) is 3. The number of carbonyl (C=O) groups excluding carboxylic acids is 1. The molecule has 162 valence electrons. The van der Waals surface area contributed by atoms with Gasteiger partial charge in [0.15, 0.2) is 6.61 Å². The number of ether oxygens (including phenoxy) is 2. The Labute approximate surface area is 178 Å². The minimum absolute atomic E-state index is 0.00990. The van der Waals surface area contributed by atoms with Crippen LogP contribution in [0.2, 0.25) is 0 Å². The van der Waals surface area contributed by atoms with E-state index in [0.29, 0.717) is 38.4 Å². The minimum atomic E-state index is -0.00990. The Morgan fingerprint density at radius 3 is 2.77 bits per heavy atom. The van der Waals surface area contributed by atoms with Crippen LogP contribution in [-0.4, -0.2) is 69.1 Å². The second kappa shape index (κ2) is 9.08. The van der Waals surface area contributed by atoms with E-state index >= 15 is 0 Å². The van der Waals surface area contributed by atoms with E-state index < -0.39 is 0 Å². The fraction of sp³-hybridized carbons (Fsp3) is 0.565. The van der Waals surface area contributed by atoms with E-state index in [1.807, 2.05) is 12.3 Å². The summed E-state index contributed by atoms with van der Waals surface area (Å²) in [6, 6.07) is 5.05. The Balaban J connectivity index is 1.63. The second-order valence-corrected chi connectivity index (χ2v) is 8.35. The van der Waals surface area contributed by atoms with Gasteiger partial charge in [0.05, 0.1) is 19.3 Å². The Morgan fingerprint density at radius 2 is 2.07 bits per heavy atom. The number of fused-ring (bicyclic) bond motifs is 1. The number of carbonyl (C=O) groups is 1. The van der Waals surface area contributed by atoms with Gasteiger partial charge in [0.2, 0.25) is 0 Å². The molecule has 0 bridgehead atoms. The third-order valence-electron chi connectivity index (χ3n) is 6.25. The quantitative estimate of drug-likeness (QED) is 0.725. The van der Waals surface area contributed by atoms with Crippen LogP contribution in [0.5, 0.6) is 5.75 Å². The van der Waals surface area contributed by atoms with Gasteiger partial charge >= 0.3 is 0 Å². The number of morpholine rings is 1. The number of benzene rings is 1. The lowest BCUT2D eigenvalue weighted by Gasteiger charge is -2.35. The maximum atomic E-state index is 12.7. The summed E-state index contributed by atoms with van der Waals surface area (Å²) in [5.41, 5.74) is 10.00. The highest BCUT2D eigenvalue weighted by atomic mass is 16.5. The molecule has 2 aliphatic heterocycles. The zero-order valence-corrected chi connectivity index (χ0v) is 18.0. The molecule has 2 fully saturated rings. The monoisotopic (exact) mass is 412 g/mol. The highest BCUT2D eigenvalue weighted by Crippen LogP contribution is 2.40. The number of aliphatic imine (C=N–C) groups is 1. The van der Waals surface area contributed by atoms with Crippen molar-refractivity contribution in [3.8, 4) is 5.75 Å². The van der Waals surface area contributed by atoms with Crippen LogP contribution in [-0.2, 0) is 16.0 Å². The van der Waals surface area contributed by atoms with Crippen molar-refractivity contribution in [2.75, 3.05) is 44.9 Å². The highest BCUT2D eigenvalue weighted by molar-refractivity contribution is 6.11. The summed E-state index contributed by atoms with van der Waals surface area (Å²) in [6.07, 6.45) is 7.66. The van der Waals surface area contributed by atoms with Crippen molar-refractivity contribution >= 4 is 23.4 Å². The van der Waals surface area contributed by atoms with E-state index in [4.69, 9.17) is 15.2 Å². The highest BCUT2D eigenvalue weighted by Gasteiger charge is 2.27. The average Bonchev–Trinajstić information content (AvgIpc) is 3.60. The van der Waals surface area contributed by atoms with Crippen LogP contribution in [0.15, 0.2) is 23.3 Å². The normalized spacial score (nSPS) is 22.3. The van der Waals surface area contributed by atoms with Crippen LogP contribution in [0.1, 0.15) is 37.3 Å². The molecule has 2 heterocycles. The molecule has 1 aromatic carbocycles. The molecular formula is C23H32N4O3. The first-order chi connectivity index (χ1) is 14.6. The number of hydrogen-bond donors (Lipinski definition) is 1. The fourth-order valence-corrected chi connectivity index (χ4v) is 4.02. The molecule has 1 unspecified atom stereocenters. The summed E-state index contributed by atoms with van der Waals surface area (Å²) < 4.78 is 11.6. The summed E-state index contributed by atoms with van der Waals surface area (Å²) >= 11 is 0. The van der Waals surface area contributed by atoms with Gasteiger partial charge in [-0.3, -0.25) is 9.79 Å². The van der Waals surface area contributed by atoms with E-state index in [2.05, 4.69) is 29.9 Å². The molecule has 2 N–H and O–H groups in total. The van der Waals surface area contributed by atoms with Crippen LogP contribution >= 0.6 is 0 Å². The fourth-order valence-electron chi connectivity index (χ4n) is 4.02. The van der Waals surface area contributed by atoms with Crippen LogP contribution in [0.3, 0.4) is 0 Å². The van der Waals surface area contributed by atoms with Crippen LogP contribution in [0.25, 0.3) is 5.57 Å². The Bertz CT molecular complexity index is 841. The second-order valence-electron chi connectivity index (χ2n) is 8.35. The SMILES string of the molecule is CC1CCc2c(ccc(C(C=NC3CC3)=CN)c2OCC(=O)N2CCOCC2)N1C. The summed E-state index contributed by atoms with van der Waals surface area (Å²) in [6.45, 7) is 4.64. The van der Waals surface area contributed by atoms with Gasteiger partial charge in [-0.15, -0.1) is 0 Å². The van der Waals surface area contributed by atoms with Crippen LogP contribution in [0.4, 0.5) is 5.69 Å². The number of anilines is 1.